The molecule has 4 aromatic carbocycles. The minimum Gasteiger partial charge on any atom is -0.497 e. The van der Waals surface area contributed by atoms with E-state index in [0.717, 1.165) is 16.7 Å². The van der Waals surface area contributed by atoms with Crippen LogP contribution in [0.4, 0.5) is 5.95 Å². The quantitative estimate of drug-likeness (QED) is 0.143. The zero-order chi connectivity index (χ0) is 36.1. The molecule has 3 heterocycles. The second-order valence-electron chi connectivity index (χ2n) is 12.1. The number of methoxy groups -OCH3 is 2. The Morgan fingerprint density at radius 1 is 0.885 bits per heavy atom. The standard InChI is InChI=1S/C39H37N5O8/c1-48-28-17-13-26(14-18-28)39(25-9-5-3-6-10-25,27-15-19-29(49-2)20-16-27)51-22-32-31(45)21-34(52-32)44-24-40-35-36(44)42-38(43-37(35)47)41-33(46)23-50-30-11-7-4-8-12-30/h3-20,24,31-32,34,45H,21-23H2,1-2H3,(H2,41,42,43,46,47)/t31-,32-,34+/m0/s1. The lowest BCUT2D eigenvalue weighted by Crippen LogP contribution is -2.38. The third kappa shape index (κ3) is 6.97. The third-order valence-corrected chi connectivity index (χ3v) is 8.96. The molecule has 1 amide bonds. The van der Waals surface area contributed by atoms with E-state index in [1.54, 1.807) is 43.1 Å². The second-order valence-corrected chi connectivity index (χ2v) is 12.1. The van der Waals surface area contributed by atoms with Crippen LogP contribution in [0.5, 0.6) is 17.2 Å². The number of imidazole rings is 1. The molecular formula is C39H37N5O8. The number of aliphatic hydroxyl groups is 1. The lowest BCUT2D eigenvalue weighted by Gasteiger charge is -2.37. The summed E-state index contributed by atoms with van der Waals surface area (Å²) in [5.41, 5.74) is 1.10. The highest BCUT2D eigenvalue weighted by molar-refractivity contribution is 5.90. The highest BCUT2D eigenvalue weighted by atomic mass is 16.6. The van der Waals surface area contributed by atoms with E-state index in [4.69, 9.17) is 23.7 Å². The average molecular weight is 704 g/mol. The summed E-state index contributed by atoms with van der Waals surface area (Å²) >= 11 is 0. The van der Waals surface area contributed by atoms with Gasteiger partial charge in [0.05, 0.1) is 33.3 Å². The number of anilines is 1. The number of hydrogen-bond donors (Lipinski definition) is 3. The molecule has 1 fully saturated rings. The first kappa shape index (κ1) is 34.4. The number of nitrogens with one attached hydrogen (secondary N) is 2. The van der Waals surface area contributed by atoms with Gasteiger partial charge in [0.2, 0.25) is 5.95 Å². The predicted molar refractivity (Wildman–Crippen MR) is 192 cm³/mol. The van der Waals surface area contributed by atoms with Crippen molar-refractivity contribution in [3.63, 3.8) is 0 Å². The van der Waals surface area contributed by atoms with Crippen molar-refractivity contribution < 1.29 is 33.6 Å². The molecule has 52 heavy (non-hydrogen) atoms. The maximum Gasteiger partial charge on any atom is 0.280 e. The Morgan fingerprint density at radius 3 is 2.10 bits per heavy atom. The summed E-state index contributed by atoms with van der Waals surface area (Å²) in [6.45, 7) is -0.295. The van der Waals surface area contributed by atoms with Crippen molar-refractivity contribution >= 4 is 23.0 Å². The molecule has 1 saturated heterocycles. The van der Waals surface area contributed by atoms with E-state index in [9.17, 15) is 14.7 Å². The summed E-state index contributed by atoms with van der Waals surface area (Å²) in [5.74, 6) is 1.32. The molecule has 0 aliphatic carbocycles. The number of carbonyl (C=O) groups is 1. The van der Waals surface area contributed by atoms with Gasteiger partial charge in [0.25, 0.3) is 11.5 Å². The van der Waals surface area contributed by atoms with Gasteiger partial charge in [-0.05, 0) is 53.1 Å². The SMILES string of the molecule is COc1ccc(C(OC[C@@H]2O[C@@H](n3cnc4c(=O)[nH]c(NC(=O)COc5ccccc5)nc43)C[C@@H]2O)(c2ccccc2)c2ccc(OC)cc2)cc1. The Kier molecular flexibility index (Phi) is 9.98. The largest absolute Gasteiger partial charge is 0.497 e. The fourth-order valence-corrected chi connectivity index (χ4v) is 6.35. The van der Waals surface area contributed by atoms with Gasteiger partial charge in [0.15, 0.2) is 17.8 Å². The minimum absolute atomic E-state index is 0.00597. The molecule has 1 aliphatic rings. The zero-order valence-corrected chi connectivity index (χ0v) is 28.5. The van der Waals surface area contributed by atoms with Crippen molar-refractivity contribution in [2.45, 2.75) is 30.5 Å². The second kappa shape index (κ2) is 15.1. The van der Waals surface area contributed by atoms with Crippen molar-refractivity contribution in [2.75, 3.05) is 32.8 Å². The maximum atomic E-state index is 12.9. The number of para-hydroxylation sites is 1. The maximum absolute atomic E-state index is 12.9. The van der Waals surface area contributed by atoms with Crippen molar-refractivity contribution in [3.05, 3.63) is 143 Å². The van der Waals surface area contributed by atoms with E-state index < -0.39 is 35.5 Å². The van der Waals surface area contributed by atoms with Gasteiger partial charge in [-0.1, -0.05) is 72.8 Å². The van der Waals surface area contributed by atoms with Crippen molar-refractivity contribution in [3.8, 4) is 17.2 Å². The number of aromatic nitrogens is 4. The molecule has 3 atom stereocenters. The Morgan fingerprint density at radius 2 is 1.48 bits per heavy atom. The van der Waals surface area contributed by atoms with Crippen LogP contribution in [-0.4, -0.2) is 70.2 Å². The first-order valence-corrected chi connectivity index (χ1v) is 16.6. The van der Waals surface area contributed by atoms with E-state index in [-0.39, 0.29) is 36.7 Å². The summed E-state index contributed by atoms with van der Waals surface area (Å²) in [4.78, 5) is 36.8. The number of hydrogen-bond acceptors (Lipinski definition) is 10. The predicted octanol–water partition coefficient (Wildman–Crippen LogP) is 4.81. The molecule has 0 spiro atoms. The Bertz CT molecular complexity index is 2130. The van der Waals surface area contributed by atoms with Gasteiger partial charge in [-0.2, -0.15) is 4.98 Å². The lowest BCUT2D eigenvalue weighted by atomic mass is 9.80. The first-order valence-electron chi connectivity index (χ1n) is 16.6. The molecule has 13 nitrogen and oxygen atoms in total. The average Bonchev–Trinajstić information content (AvgIpc) is 3.78. The number of amides is 1. The summed E-state index contributed by atoms with van der Waals surface area (Å²) in [6.07, 6.45) is -0.830. The first-order chi connectivity index (χ1) is 25.4. The van der Waals surface area contributed by atoms with Gasteiger partial charge in [-0.25, -0.2) is 4.98 Å². The number of nitrogens with zero attached hydrogens (tertiary/aromatic N) is 3. The summed E-state index contributed by atoms with van der Waals surface area (Å²) < 4.78 is 31.3. The van der Waals surface area contributed by atoms with Crippen LogP contribution in [0.2, 0.25) is 0 Å². The summed E-state index contributed by atoms with van der Waals surface area (Å²) in [7, 11) is 3.23. The van der Waals surface area contributed by atoms with Crippen molar-refractivity contribution in [1.82, 2.24) is 19.5 Å². The number of aliphatic hydroxyl groups excluding tert-OH is 1. The van der Waals surface area contributed by atoms with Crippen LogP contribution in [0.3, 0.4) is 0 Å². The molecule has 0 bridgehead atoms. The van der Waals surface area contributed by atoms with E-state index in [0.29, 0.717) is 17.2 Å². The monoisotopic (exact) mass is 703 g/mol. The zero-order valence-electron chi connectivity index (χ0n) is 28.5. The van der Waals surface area contributed by atoms with Gasteiger partial charge in [-0.3, -0.25) is 24.5 Å². The van der Waals surface area contributed by atoms with Crippen LogP contribution < -0.4 is 25.1 Å². The van der Waals surface area contributed by atoms with Gasteiger partial charge < -0.3 is 28.8 Å². The lowest BCUT2D eigenvalue weighted by molar-refractivity contribution is -0.118. The van der Waals surface area contributed by atoms with Gasteiger partial charge >= 0.3 is 0 Å². The molecule has 0 unspecified atom stereocenters. The smallest absolute Gasteiger partial charge is 0.280 e. The molecule has 3 N–H and O–H groups in total. The Balaban J connectivity index is 1.15. The highest BCUT2D eigenvalue weighted by Crippen LogP contribution is 2.43. The van der Waals surface area contributed by atoms with Crippen LogP contribution in [0.15, 0.2) is 120 Å². The van der Waals surface area contributed by atoms with Crippen molar-refractivity contribution in [1.29, 1.82) is 0 Å². The van der Waals surface area contributed by atoms with Crippen LogP contribution in [-0.2, 0) is 19.9 Å². The fourth-order valence-electron chi connectivity index (χ4n) is 6.35. The summed E-state index contributed by atoms with van der Waals surface area (Å²) in [5, 5.41) is 13.9. The summed E-state index contributed by atoms with van der Waals surface area (Å²) in [6, 6.07) is 34.0. The molecule has 0 saturated carbocycles. The molecule has 266 valence electrons. The normalized spacial score (nSPS) is 17.2. The molecule has 0 radical (unpaired) electrons. The minimum atomic E-state index is -1.12. The number of fused-ring (bicyclic) bond motifs is 1. The van der Waals surface area contributed by atoms with Gasteiger partial charge in [-0.15, -0.1) is 0 Å². The van der Waals surface area contributed by atoms with E-state index in [1.807, 2.05) is 84.9 Å². The molecule has 1 aliphatic heterocycles. The number of ether oxygens (including phenoxy) is 5. The number of rotatable bonds is 13. The molecule has 7 rings (SSSR count). The Hall–Kier alpha value is -6.02. The van der Waals surface area contributed by atoms with E-state index >= 15 is 0 Å². The fraction of sp³-hybridized carbons (Fsp3) is 0.231. The van der Waals surface area contributed by atoms with Crippen LogP contribution in [0.25, 0.3) is 11.2 Å². The third-order valence-electron chi connectivity index (χ3n) is 8.96. The van der Waals surface area contributed by atoms with E-state index in [2.05, 4.69) is 20.3 Å². The highest BCUT2D eigenvalue weighted by Gasteiger charge is 2.42. The van der Waals surface area contributed by atoms with Gasteiger partial charge in [0, 0.05) is 6.42 Å². The van der Waals surface area contributed by atoms with E-state index in [1.165, 1.54) is 6.33 Å². The van der Waals surface area contributed by atoms with Crippen molar-refractivity contribution in [2.24, 2.45) is 0 Å². The van der Waals surface area contributed by atoms with Crippen LogP contribution in [0, 0.1) is 0 Å². The topological polar surface area (TPSA) is 159 Å². The molecule has 13 heteroatoms. The molecular weight excluding hydrogens is 666 g/mol. The van der Waals surface area contributed by atoms with Crippen LogP contribution in [0.1, 0.15) is 29.3 Å². The number of carbonyl (C=O) groups excluding carboxylic acids is 1. The molecule has 2 aromatic heterocycles. The van der Waals surface area contributed by atoms with Crippen LogP contribution >= 0.6 is 0 Å². The van der Waals surface area contributed by atoms with Gasteiger partial charge in [0.1, 0.15) is 35.2 Å². The number of H-pyrrole nitrogens is 1. The number of aromatic amines is 1. The molecule has 6 aromatic rings. The Labute approximate surface area is 298 Å². The number of benzene rings is 4.